The van der Waals surface area contributed by atoms with Crippen molar-refractivity contribution < 1.29 is 42.7 Å². The Morgan fingerprint density at radius 2 is 0.957 bits per heavy atom. The van der Waals surface area contributed by atoms with Crippen molar-refractivity contribution in [1.82, 2.24) is 0 Å². The van der Waals surface area contributed by atoms with Gasteiger partial charge in [-0.05, 0) is 43.4 Å². The van der Waals surface area contributed by atoms with Crippen LogP contribution in [0.25, 0.3) is 0 Å². The first-order chi connectivity index (χ1) is 22.7. The molecule has 0 amide bonds. The maximum absolute atomic E-state index is 12.0. The third-order valence-corrected chi connectivity index (χ3v) is 7.55. The lowest BCUT2D eigenvalue weighted by atomic mass is 10.00. The average molecular weight is 655 g/mol. The monoisotopic (exact) mass is 654 g/mol. The lowest BCUT2D eigenvalue weighted by Gasteiger charge is -2.13. The number of carbonyl (C=O) groups excluding carboxylic acids is 1. The predicted octanol–water partition coefficient (Wildman–Crippen LogP) is 7.22. The second-order valence-electron chi connectivity index (χ2n) is 11.5. The molecule has 1 unspecified atom stereocenters. The molecule has 0 saturated carbocycles. The molecule has 1 atom stereocenters. The number of aryl methyl sites for hydroxylation is 1. The van der Waals surface area contributed by atoms with E-state index in [0.717, 1.165) is 37.9 Å². The van der Waals surface area contributed by atoms with Crippen molar-refractivity contribution in [3.63, 3.8) is 0 Å². The lowest BCUT2D eigenvalue weighted by molar-refractivity contribution is -0.150. The van der Waals surface area contributed by atoms with Crippen LogP contribution in [0.15, 0.2) is 24.3 Å². The topological polar surface area (TPSA) is 90.9 Å². The van der Waals surface area contributed by atoms with Crippen molar-refractivity contribution in [1.29, 1.82) is 0 Å². The van der Waals surface area contributed by atoms with Crippen LogP contribution in [-0.4, -0.2) is 98.5 Å². The van der Waals surface area contributed by atoms with E-state index < -0.39 is 0 Å². The highest BCUT2D eigenvalue weighted by molar-refractivity contribution is 5.72. The number of carbonyl (C=O) groups is 1. The van der Waals surface area contributed by atoms with Crippen molar-refractivity contribution in [2.45, 2.75) is 97.8 Å². The van der Waals surface area contributed by atoms with E-state index in [9.17, 15) is 4.79 Å². The fraction of sp³-hybridized carbons (Fsp3) is 0.811. The highest BCUT2D eigenvalue weighted by Gasteiger charge is 2.16. The van der Waals surface area contributed by atoms with Crippen LogP contribution in [0.5, 0.6) is 5.75 Å². The van der Waals surface area contributed by atoms with Crippen LogP contribution in [0.4, 0.5) is 0 Å². The Morgan fingerprint density at radius 3 is 1.43 bits per heavy atom. The summed E-state index contributed by atoms with van der Waals surface area (Å²) in [4.78, 5) is 12.0. The van der Waals surface area contributed by atoms with E-state index in [1.165, 1.54) is 50.5 Å². The zero-order chi connectivity index (χ0) is 33.2. The minimum atomic E-state index is -0.114. The summed E-state index contributed by atoms with van der Waals surface area (Å²) < 4.78 is 44.2. The Bertz CT molecular complexity index is 775. The molecule has 0 aromatic heterocycles. The predicted molar refractivity (Wildman–Crippen MR) is 183 cm³/mol. The fourth-order valence-electron chi connectivity index (χ4n) is 4.72. The van der Waals surface area contributed by atoms with Crippen molar-refractivity contribution in [2.24, 2.45) is 5.92 Å². The van der Waals surface area contributed by atoms with Gasteiger partial charge in [-0.2, -0.15) is 0 Å². The zero-order valence-electron chi connectivity index (χ0n) is 29.4. The van der Waals surface area contributed by atoms with Gasteiger partial charge in [0.25, 0.3) is 0 Å². The normalized spacial score (nSPS) is 12.0. The molecule has 0 bridgehead atoms. The Kier molecular flexibility index (Phi) is 30.5. The van der Waals surface area contributed by atoms with E-state index in [4.69, 9.17) is 37.9 Å². The molecule has 9 nitrogen and oxygen atoms in total. The molecule has 0 aliphatic rings. The number of rotatable bonds is 35. The van der Waals surface area contributed by atoms with Crippen LogP contribution in [0.1, 0.15) is 97.0 Å². The number of benzene rings is 1. The van der Waals surface area contributed by atoms with Gasteiger partial charge in [0.15, 0.2) is 0 Å². The van der Waals surface area contributed by atoms with Gasteiger partial charge in [0.05, 0.1) is 85.2 Å². The minimum Gasteiger partial charge on any atom is -0.491 e. The number of hydrogen-bond donors (Lipinski definition) is 0. The van der Waals surface area contributed by atoms with E-state index in [1.54, 1.807) is 0 Å². The molecule has 1 rings (SSSR count). The Morgan fingerprint density at radius 1 is 0.522 bits per heavy atom. The lowest BCUT2D eigenvalue weighted by Crippen LogP contribution is -2.20. The molecule has 0 radical (unpaired) electrons. The number of unbranched alkanes of at least 4 members (excludes halogenated alkanes) is 7. The van der Waals surface area contributed by atoms with E-state index in [-0.39, 0.29) is 18.5 Å². The summed E-state index contributed by atoms with van der Waals surface area (Å²) in [6, 6.07) is 8.45. The molecule has 0 N–H and O–H groups in total. The van der Waals surface area contributed by atoms with Gasteiger partial charge in [0.2, 0.25) is 0 Å². The van der Waals surface area contributed by atoms with Gasteiger partial charge in [-0.1, -0.05) is 84.3 Å². The van der Waals surface area contributed by atoms with Gasteiger partial charge in [0, 0.05) is 0 Å². The zero-order valence-corrected chi connectivity index (χ0v) is 29.4. The van der Waals surface area contributed by atoms with Crippen LogP contribution in [-0.2, 0) is 44.4 Å². The molecule has 1 aromatic rings. The van der Waals surface area contributed by atoms with E-state index in [1.807, 2.05) is 6.92 Å². The quantitative estimate of drug-likeness (QED) is 0.0556. The summed E-state index contributed by atoms with van der Waals surface area (Å²) >= 11 is 0. The molecule has 268 valence electrons. The summed E-state index contributed by atoms with van der Waals surface area (Å²) in [5.74, 6) is 0.775. The molecule has 0 aliphatic heterocycles. The van der Waals surface area contributed by atoms with Gasteiger partial charge in [-0.25, -0.2) is 0 Å². The molecular formula is C37H66O9. The fourth-order valence-corrected chi connectivity index (χ4v) is 4.72. The maximum atomic E-state index is 12.0. The molecule has 0 fully saturated rings. The molecular weight excluding hydrogens is 588 g/mol. The van der Waals surface area contributed by atoms with E-state index in [0.29, 0.717) is 85.9 Å². The first-order valence-corrected chi connectivity index (χ1v) is 18.1. The third kappa shape index (κ3) is 26.3. The molecule has 1 aromatic carbocycles. The number of hydrogen-bond acceptors (Lipinski definition) is 9. The summed E-state index contributed by atoms with van der Waals surface area (Å²) in [5, 5.41) is 0. The SMILES string of the molecule is CCCCCCCCCc1ccc(OCCOCCOCCOCCOCCOCCOCCOC(=O)C(CC)CCCC)cc1. The first-order valence-electron chi connectivity index (χ1n) is 18.1. The Labute approximate surface area is 280 Å². The van der Waals surface area contributed by atoms with Crippen molar-refractivity contribution in [3.8, 4) is 5.75 Å². The van der Waals surface area contributed by atoms with Crippen LogP contribution in [0.3, 0.4) is 0 Å². The highest BCUT2D eigenvalue weighted by atomic mass is 16.6. The Balaban J connectivity index is 1.77. The van der Waals surface area contributed by atoms with E-state index >= 15 is 0 Å². The molecule has 0 spiro atoms. The molecule has 0 aliphatic carbocycles. The third-order valence-electron chi connectivity index (χ3n) is 7.55. The standard InChI is InChI=1S/C37H66O9/c1-4-7-9-10-11-12-13-14-34-16-18-36(19-17-34)45-32-30-43-28-26-41-24-22-39-20-21-40-23-25-42-27-29-44-31-33-46-37(38)35(6-3)15-8-5-2/h16-19,35H,4-15,20-33H2,1-3H3. The second kappa shape index (κ2) is 33.2. The van der Waals surface area contributed by atoms with Crippen LogP contribution in [0, 0.1) is 5.92 Å². The summed E-state index contributed by atoms with van der Waals surface area (Å²) in [7, 11) is 0. The molecule has 46 heavy (non-hydrogen) atoms. The minimum absolute atomic E-state index is 0.00239. The van der Waals surface area contributed by atoms with E-state index in [2.05, 4.69) is 38.1 Å². The molecule has 0 saturated heterocycles. The second-order valence-corrected chi connectivity index (χ2v) is 11.5. The number of ether oxygens (including phenoxy) is 8. The summed E-state index contributed by atoms with van der Waals surface area (Å²) in [6.07, 6.45) is 14.4. The smallest absolute Gasteiger partial charge is 0.308 e. The largest absolute Gasteiger partial charge is 0.491 e. The highest BCUT2D eigenvalue weighted by Crippen LogP contribution is 2.16. The van der Waals surface area contributed by atoms with Crippen LogP contribution in [0.2, 0.25) is 0 Å². The van der Waals surface area contributed by atoms with Gasteiger partial charge in [0.1, 0.15) is 19.0 Å². The Hall–Kier alpha value is -1.75. The number of esters is 1. The average Bonchev–Trinajstić information content (AvgIpc) is 3.07. The molecule has 9 heteroatoms. The van der Waals surface area contributed by atoms with Gasteiger partial charge in [-0.3, -0.25) is 4.79 Å². The van der Waals surface area contributed by atoms with Crippen molar-refractivity contribution >= 4 is 5.97 Å². The first kappa shape index (κ1) is 42.3. The van der Waals surface area contributed by atoms with Gasteiger partial charge >= 0.3 is 5.97 Å². The van der Waals surface area contributed by atoms with Crippen LogP contribution >= 0.6 is 0 Å². The summed E-state index contributed by atoms with van der Waals surface area (Å²) in [6.45, 7) is 13.2. The van der Waals surface area contributed by atoms with Crippen LogP contribution < -0.4 is 4.74 Å². The molecule has 0 heterocycles. The van der Waals surface area contributed by atoms with Crippen molar-refractivity contribution in [3.05, 3.63) is 29.8 Å². The van der Waals surface area contributed by atoms with Gasteiger partial charge in [-0.15, -0.1) is 0 Å². The summed E-state index contributed by atoms with van der Waals surface area (Å²) in [5.41, 5.74) is 1.38. The van der Waals surface area contributed by atoms with Crippen molar-refractivity contribution in [2.75, 3.05) is 92.5 Å². The van der Waals surface area contributed by atoms with Gasteiger partial charge < -0.3 is 37.9 Å². The maximum Gasteiger partial charge on any atom is 0.308 e.